The van der Waals surface area contributed by atoms with Crippen molar-refractivity contribution in [1.29, 1.82) is 0 Å². The number of nitrogens with zero attached hydrogens (tertiary/aromatic N) is 5. The molecule has 0 unspecified atom stereocenters. The molecule has 174 valence electrons. The van der Waals surface area contributed by atoms with E-state index in [-0.39, 0.29) is 5.69 Å². The lowest BCUT2D eigenvalue weighted by Gasteiger charge is -2.41. The summed E-state index contributed by atoms with van der Waals surface area (Å²) in [5.41, 5.74) is 15.0. The molecule has 9 nitrogen and oxygen atoms in total. The van der Waals surface area contributed by atoms with Crippen molar-refractivity contribution < 1.29 is 4.79 Å². The molecule has 2 aromatic heterocycles. The molecule has 0 atom stereocenters. The van der Waals surface area contributed by atoms with Crippen molar-refractivity contribution in [3.63, 3.8) is 0 Å². The van der Waals surface area contributed by atoms with Crippen LogP contribution in [-0.4, -0.2) is 52.9 Å². The number of carbonyl (C=O) groups excluding carboxylic acids is 1. The van der Waals surface area contributed by atoms with Gasteiger partial charge >= 0.3 is 0 Å². The molecule has 5 N–H and O–H groups in total. The van der Waals surface area contributed by atoms with Gasteiger partial charge in [0.25, 0.3) is 5.91 Å². The number of aromatic nitrogens is 3. The van der Waals surface area contributed by atoms with Crippen molar-refractivity contribution in [2.75, 3.05) is 36.8 Å². The fraction of sp³-hybridized carbons (Fsp3) is 0.320. The van der Waals surface area contributed by atoms with E-state index in [9.17, 15) is 4.79 Å². The van der Waals surface area contributed by atoms with E-state index >= 15 is 0 Å². The van der Waals surface area contributed by atoms with Gasteiger partial charge in [0.05, 0.1) is 17.8 Å². The normalized spacial score (nSPS) is 17.8. The number of amides is 1. The van der Waals surface area contributed by atoms with Crippen molar-refractivity contribution in [2.24, 2.45) is 10.7 Å². The first-order chi connectivity index (χ1) is 16.5. The van der Waals surface area contributed by atoms with Gasteiger partial charge in [-0.15, -0.1) is 0 Å². The summed E-state index contributed by atoms with van der Waals surface area (Å²) in [4.78, 5) is 32.1. The molecule has 0 bridgehead atoms. The molecule has 0 radical (unpaired) electrons. The summed E-state index contributed by atoms with van der Waals surface area (Å²) in [6, 6.07) is 11.9. The van der Waals surface area contributed by atoms with Crippen LogP contribution < -0.4 is 21.7 Å². The Morgan fingerprint density at radius 1 is 0.941 bits per heavy atom. The van der Waals surface area contributed by atoms with E-state index in [1.165, 1.54) is 6.20 Å². The fourth-order valence-corrected chi connectivity index (χ4v) is 4.54. The van der Waals surface area contributed by atoms with Crippen LogP contribution in [0.4, 0.5) is 11.6 Å². The lowest BCUT2D eigenvalue weighted by molar-refractivity contribution is 0.0996. The number of nitrogens with one attached hydrogen (secondary N) is 1. The van der Waals surface area contributed by atoms with E-state index in [0.29, 0.717) is 11.7 Å². The summed E-state index contributed by atoms with van der Waals surface area (Å²) in [7, 11) is 0. The van der Waals surface area contributed by atoms with E-state index < -0.39 is 11.3 Å². The van der Waals surface area contributed by atoms with Gasteiger partial charge in [0.15, 0.2) is 0 Å². The molecular weight excluding hydrogens is 428 g/mol. The lowest BCUT2D eigenvalue weighted by Crippen LogP contribution is -2.47. The Morgan fingerprint density at radius 3 is 2.26 bits per heavy atom. The number of rotatable bonds is 5. The average Bonchev–Trinajstić information content (AvgIpc) is 2.85. The van der Waals surface area contributed by atoms with Crippen molar-refractivity contribution in [3.05, 3.63) is 66.2 Å². The number of benzene rings is 1. The monoisotopic (exact) mass is 456 g/mol. The minimum atomic E-state index is -0.465. The summed E-state index contributed by atoms with van der Waals surface area (Å²) in [5, 5.41) is 3.30. The van der Waals surface area contributed by atoms with E-state index in [0.717, 1.165) is 67.9 Å². The maximum Gasteiger partial charge on any atom is 0.298 e. The number of nitrogen functional groups attached to an aromatic ring is 1. The van der Waals surface area contributed by atoms with Gasteiger partial charge < -0.3 is 21.7 Å². The third kappa shape index (κ3) is 4.22. The Morgan fingerprint density at radius 2 is 1.68 bits per heavy atom. The number of piperazine rings is 1. The third-order valence-corrected chi connectivity index (χ3v) is 6.77. The molecule has 3 heterocycles. The van der Waals surface area contributed by atoms with Crippen LogP contribution in [0.15, 0.2) is 60.0 Å². The molecule has 3 aromatic rings. The second kappa shape index (κ2) is 9.18. The Labute approximate surface area is 198 Å². The minimum absolute atomic E-state index is 0.197. The van der Waals surface area contributed by atoms with E-state index in [1.54, 1.807) is 18.5 Å². The Bertz CT molecular complexity index is 1180. The zero-order valence-electron chi connectivity index (χ0n) is 18.9. The predicted octanol–water partition coefficient (Wildman–Crippen LogP) is 2.15. The summed E-state index contributed by atoms with van der Waals surface area (Å²) >= 11 is 0. The number of hydrogen-bond acceptors (Lipinski definition) is 7. The zero-order valence-corrected chi connectivity index (χ0v) is 18.9. The third-order valence-electron chi connectivity index (χ3n) is 6.77. The average molecular weight is 457 g/mol. The van der Waals surface area contributed by atoms with Gasteiger partial charge in [-0.1, -0.05) is 30.7 Å². The maximum absolute atomic E-state index is 12.8. The highest BCUT2D eigenvalue weighted by Crippen LogP contribution is 2.44. The summed E-state index contributed by atoms with van der Waals surface area (Å²) < 4.78 is 0. The Hall–Kier alpha value is -3.85. The SMILES string of the molecule is NC(=NC(=O)c1cnc(N2CCNCC2)cn1)C1(c2ccc(-c3ccc(N)nc3)cc2)CCC1. The first-order valence-electron chi connectivity index (χ1n) is 11.5. The van der Waals surface area contributed by atoms with Crippen molar-refractivity contribution >= 4 is 23.4 Å². The van der Waals surface area contributed by atoms with Crippen molar-refractivity contribution in [3.8, 4) is 11.1 Å². The molecule has 2 fully saturated rings. The topological polar surface area (TPSA) is 135 Å². The molecule has 34 heavy (non-hydrogen) atoms. The van der Waals surface area contributed by atoms with Gasteiger partial charge in [0.2, 0.25) is 0 Å². The van der Waals surface area contributed by atoms with Crippen LogP contribution in [0.3, 0.4) is 0 Å². The van der Waals surface area contributed by atoms with Gasteiger partial charge in [-0.3, -0.25) is 4.79 Å². The van der Waals surface area contributed by atoms with Gasteiger partial charge in [0.1, 0.15) is 23.2 Å². The predicted molar refractivity (Wildman–Crippen MR) is 133 cm³/mol. The summed E-state index contributed by atoms with van der Waals surface area (Å²) in [6.45, 7) is 3.54. The first kappa shape index (κ1) is 22.0. The van der Waals surface area contributed by atoms with Crippen molar-refractivity contribution in [2.45, 2.75) is 24.7 Å². The van der Waals surface area contributed by atoms with Crippen LogP contribution in [0, 0.1) is 0 Å². The van der Waals surface area contributed by atoms with Gasteiger partial charge in [-0.25, -0.2) is 15.0 Å². The van der Waals surface area contributed by atoms with E-state index in [2.05, 4.69) is 42.3 Å². The standard InChI is InChI=1S/C25H28N8O/c26-21-7-4-18(14-30-21)17-2-5-19(6-3-17)25(8-1-9-25)24(27)32-23(34)20-15-31-22(16-29-20)33-12-10-28-11-13-33/h2-7,14-16,28H,1,8-13H2,(H2,26,30)(H2,27,32,34). The molecule has 1 saturated heterocycles. The number of carbonyl (C=O) groups is 1. The van der Waals surface area contributed by atoms with Crippen LogP contribution >= 0.6 is 0 Å². The first-order valence-corrected chi connectivity index (χ1v) is 11.5. The minimum Gasteiger partial charge on any atom is -0.386 e. The van der Waals surface area contributed by atoms with Crippen LogP contribution in [0.25, 0.3) is 11.1 Å². The molecule has 1 aliphatic carbocycles. The fourth-order valence-electron chi connectivity index (χ4n) is 4.54. The zero-order chi connectivity index (χ0) is 23.5. The van der Waals surface area contributed by atoms with Gasteiger partial charge in [-0.2, -0.15) is 4.99 Å². The van der Waals surface area contributed by atoms with E-state index in [4.69, 9.17) is 11.5 Å². The van der Waals surface area contributed by atoms with Crippen LogP contribution in [-0.2, 0) is 5.41 Å². The number of anilines is 2. The maximum atomic E-state index is 12.8. The molecule has 1 saturated carbocycles. The number of hydrogen-bond donors (Lipinski definition) is 3. The second-order valence-electron chi connectivity index (χ2n) is 8.78. The molecule has 5 rings (SSSR count). The number of pyridine rings is 1. The highest BCUT2D eigenvalue weighted by molar-refractivity contribution is 6.05. The molecule has 1 aromatic carbocycles. The smallest absolute Gasteiger partial charge is 0.298 e. The summed E-state index contributed by atoms with van der Waals surface area (Å²) in [5.74, 6) is 1.12. The Balaban J connectivity index is 1.33. The van der Waals surface area contributed by atoms with E-state index in [1.807, 2.05) is 18.2 Å². The highest BCUT2D eigenvalue weighted by Gasteiger charge is 2.43. The highest BCUT2D eigenvalue weighted by atomic mass is 16.1. The van der Waals surface area contributed by atoms with Crippen molar-refractivity contribution in [1.82, 2.24) is 20.3 Å². The van der Waals surface area contributed by atoms with Crippen LogP contribution in [0.1, 0.15) is 35.3 Å². The number of amidine groups is 1. The van der Waals surface area contributed by atoms with Gasteiger partial charge in [0, 0.05) is 37.9 Å². The largest absolute Gasteiger partial charge is 0.386 e. The Kier molecular flexibility index (Phi) is 5.93. The number of nitrogens with two attached hydrogens (primary N) is 2. The second-order valence-corrected chi connectivity index (χ2v) is 8.78. The quantitative estimate of drug-likeness (QED) is 0.393. The molecule has 1 amide bonds. The molecule has 9 heteroatoms. The molecule has 0 spiro atoms. The lowest BCUT2D eigenvalue weighted by atomic mass is 9.63. The molecule has 2 aliphatic rings. The summed E-state index contributed by atoms with van der Waals surface area (Å²) in [6.07, 6.45) is 7.62. The van der Waals surface area contributed by atoms with Crippen LogP contribution in [0.5, 0.6) is 0 Å². The van der Waals surface area contributed by atoms with Gasteiger partial charge in [-0.05, 0) is 36.1 Å². The molecule has 1 aliphatic heterocycles. The number of aliphatic imine (C=N–C) groups is 1. The molecular formula is C25H28N8O. The van der Waals surface area contributed by atoms with Crippen LogP contribution in [0.2, 0.25) is 0 Å².